The average molecular weight is 614 g/mol. The summed E-state index contributed by atoms with van der Waals surface area (Å²) in [5.74, 6) is -0.353. The van der Waals surface area contributed by atoms with Crippen molar-refractivity contribution in [2.24, 2.45) is 0 Å². The van der Waals surface area contributed by atoms with E-state index in [9.17, 15) is 4.79 Å². The highest BCUT2D eigenvalue weighted by Gasteiger charge is 2.06. The third-order valence-electron chi connectivity index (χ3n) is 6.32. The zero-order valence-corrected chi connectivity index (χ0v) is 27.0. The first kappa shape index (κ1) is 39.2. The van der Waals surface area contributed by atoms with Gasteiger partial charge >= 0.3 is 5.97 Å². The average Bonchev–Trinajstić information content (AvgIpc) is 3.02. The first-order valence-electron chi connectivity index (χ1n) is 16.3. The maximum absolute atomic E-state index is 12.1. The van der Waals surface area contributed by atoms with Crippen molar-refractivity contribution in [3.63, 3.8) is 0 Å². The third-order valence-corrected chi connectivity index (χ3v) is 6.32. The summed E-state index contributed by atoms with van der Waals surface area (Å²) in [5, 5.41) is 3.32. The summed E-state index contributed by atoms with van der Waals surface area (Å²) in [7, 11) is 0. The largest absolute Gasteiger partial charge is 0.460 e. The molecule has 0 aromatic heterocycles. The fraction of sp³-hybridized carbons (Fsp3) is 0.788. The second kappa shape index (κ2) is 31.6. The molecular formula is C33H59NO9. The number of benzene rings is 1. The minimum atomic E-state index is -0.353. The van der Waals surface area contributed by atoms with Gasteiger partial charge in [0.05, 0.1) is 91.5 Å². The Bertz CT molecular complexity index is 721. The van der Waals surface area contributed by atoms with E-state index in [1.807, 2.05) is 12.1 Å². The van der Waals surface area contributed by atoms with Crippen molar-refractivity contribution in [1.82, 2.24) is 0 Å². The molecule has 43 heavy (non-hydrogen) atoms. The molecule has 0 aliphatic rings. The van der Waals surface area contributed by atoms with Crippen molar-refractivity contribution in [2.75, 3.05) is 111 Å². The smallest absolute Gasteiger partial charge is 0.338 e. The number of esters is 1. The molecule has 0 amide bonds. The van der Waals surface area contributed by atoms with Crippen LogP contribution in [0.2, 0.25) is 0 Å². The number of anilines is 1. The zero-order chi connectivity index (χ0) is 30.9. The molecule has 0 spiro atoms. The first-order valence-corrected chi connectivity index (χ1v) is 16.3. The molecule has 0 unspecified atom stereocenters. The molecule has 1 rings (SSSR count). The van der Waals surface area contributed by atoms with Crippen LogP contribution in [0.4, 0.5) is 5.69 Å². The first-order chi connectivity index (χ1) is 21.3. The van der Waals surface area contributed by atoms with Crippen LogP contribution in [0.15, 0.2) is 24.3 Å². The molecule has 0 fully saturated rings. The summed E-state index contributed by atoms with van der Waals surface area (Å²) < 4.78 is 43.7. The number of carbonyl (C=O) groups excluding carboxylic acids is 1. The Kier molecular flexibility index (Phi) is 28.9. The van der Waals surface area contributed by atoms with Gasteiger partial charge in [-0.15, -0.1) is 0 Å². The summed E-state index contributed by atoms with van der Waals surface area (Å²) in [4.78, 5) is 12.1. The topological polar surface area (TPSA) is 103 Å². The van der Waals surface area contributed by atoms with E-state index in [0.29, 0.717) is 91.5 Å². The molecule has 0 radical (unpaired) electrons. The molecule has 0 saturated heterocycles. The van der Waals surface area contributed by atoms with E-state index in [-0.39, 0.29) is 12.6 Å². The van der Waals surface area contributed by atoms with E-state index in [0.717, 1.165) is 38.1 Å². The second-order valence-electron chi connectivity index (χ2n) is 10.0. The lowest BCUT2D eigenvalue weighted by molar-refractivity contribution is -0.0223. The van der Waals surface area contributed by atoms with E-state index in [1.54, 1.807) is 12.1 Å². The maximum atomic E-state index is 12.1. The van der Waals surface area contributed by atoms with Gasteiger partial charge in [0, 0.05) is 18.8 Å². The molecule has 10 heteroatoms. The van der Waals surface area contributed by atoms with Gasteiger partial charge in [0.2, 0.25) is 0 Å². The lowest BCUT2D eigenvalue weighted by Gasteiger charge is -2.09. The Morgan fingerprint density at radius 1 is 0.488 bits per heavy atom. The van der Waals surface area contributed by atoms with Crippen molar-refractivity contribution in [1.29, 1.82) is 0 Å². The third kappa shape index (κ3) is 26.3. The predicted octanol–water partition coefficient (Wildman–Crippen LogP) is 5.53. The molecule has 0 bridgehead atoms. The molecule has 1 N–H and O–H groups in total. The van der Waals surface area contributed by atoms with E-state index in [1.165, 1.54) is 32.1 Å². The van der Waals surface area contributed by atoms with Gasteiger partial charge < -0.3 is 43.2 Å². The standard InChI is InChI=1S/C33H59NO9/c1-3-5-7-8-9-10-16-36-17-18-37-19-20-38-21-22-39-23-24-40-25-26-41-27-28-42-29-30-43-33(35)31-11-13-32(14-12-31)34-15-6-4-2/h11-14,34H,3-10,15-30H2,1-2H3. The number of ether oxygens (including phenoxy) is 8. The summed E-state index contributed by atoms with van der Waals surface area (Å²) in [5.41, 5.74) is 1.53. The Morgan fingerprint density at radius 2 is 0.884 bits per heavy atom. The molecule has 0 saturated carbocycles. The maximum Gasteiger partial charge on any atom is 0.338 e. The lowest BCUT2D eigenvalue weighted by Crippen LogP contribution is -2.15. The molecule has 0 aliphatic heterocycles. The van der Waals surface area contributed by atoms with E-state index in [2.05, 4.69) is 19.2 Å². The predicted molar refractivity (Wildman–Crippen MR) is 169 cm³/mol. The molecule has 1 aromatic rings. The number of rotatable bonds is 33. The summed E-state index contributed by atoms with van der Waals surface area (Å²) in [6, 6.07) is 7.31. The van der Waals surface area contributed by atoms with Crippen LogP contribution in [-0.4, -0.2) is 112 Å². The van der Waals surface area contributed by atoms with Gasteiger partial charge in [-0.1, -0.05) is 52.4 Å². The highest BCUT2D eigenvalue weighted by Crippen LogP contribution is 2.11. The van der Waals surface area contributed by atoms with E-state index in [4.69, 9.17) is 37.9 Å². The molecule has 250 valence electrons. The van der Waals surface area contributed by atoms with Crippen LogP contribution in [0.3, 0.4) is 0 Å². The fourth-order valence-corrected chi connectivity index (χ4v) is 3.82. The molecule has 1 aromatic carbocycles. The molecule has 0 heterocycles. The number of carbonyl (C=O) groups is 1. The van der Waals surface area contributed by atoms with Gasteiger partial charge in [-0.05, 0) is 37.1 Å². The number of hydrogen-bond acceptors (Lipinski definition) is 10. The SMILES string of the molecule is CCCCCCCCOCCOCCOCCOCCOCCOCCOCCOC(=O)c1ccc(NCCCC)cc1. The van der Waals surface area contributed by atoms with Crippen molar-refractivity contribution in [3.8, 4) is 0 Å². The normalized spacial score (nSPS) is 11.2. The van der Waals surface area contributed by atoms with E-state index < -0.39 is 0 Å². The quantitative estimate of drug-likeness (QED) is 0.0804. The molecule has 0 aliphatic carbocycles. The van der Waals surface area contributed by atoms with Gasteiger partial charge in [0.1, 0.15) is 6.61 Å². The number of hydrogen-bond donors (Lipinski definition) is 1. The molecule has 0 atom stereocenters. The molecular weight excluding hydrogens is 554 g/mol. The van der Waals surface area contributed by atoms with Crippen LogP contribution in [0.1, 0.15) is 75.6 Å². The van der Waals surface area contributed by atoms with Crippen LogP contribution in [0.25, 0.3) is 0 Å². The van der Waals surface area contributed by atoms with Crippen molar-refractivity contribution >= 4 is 11.7 Å². The van der Waals surface area contributed by atoms with Crippen LogP contribution in [0, 0.1) is 0 Å². The Balaban J connectivity index is 1.73. The minimum Gasteiger partial charge on any atom is -0.460 e. The Labute approximate surface area is 260 Å². The van der Waals surface area contributed by atoms with Crippen LogP contribution >= 0.6 is 0 Å². The van der Waals surface area contributed by atoms with Gasteiger partial charge in [-0.25, -0.2) is 4.79 Å². The van der Waals surface area contributed by atoms with Gasteiger partial charge in [-0.3, -0.25) is 0 Å². The van der Waals surface area contributed by atoms with Crippen molar-refractivity contribution in [2.45, 2.75) is 65.2 Å². The van der Waals surface area contributed by atoms with Crippen LogP contribution in [0.5, 0.6) is 0 Å². The lowest BCUT2D eigenvalue weighted by atomic mass is 10.1. The van der Waals surface area contributed by atoms with Crippen molar-refractivity contribution in [3.05, 3.63) is 29.8 Å². The van der Waals surface area contributed by atoms with Gasteiger partial charge in [0.15, 0.2) is 0 Å². The van der Waals surface area contributed by atoms with Gasteiger partial charge in [-0.2, -0.15) is 0 Å². The molecule has 10 nitrogen and oxygen atoms in total. The summed E-state index contributed by atoms with van der Waals surface area (Å²) in [6.45, 7) is 12.9. The Hall–Kier alpha value is -1.79. The van der Waals surface area contributed by atoms with Crippen LogP contribution < -0.4 is 5.32 Å². The second-order valence-corrected chi connectivity index (χ2v) is 10.0. The van der Waals surface area contributed by atoms with Gasteiger partial charge in [0.25, 0.3) is 0 Å². The number of unbranched alkanes of at least 4 members (excludes halogenated alkanes) is 6. The van der Waals surface area contributed by atoms with E-state index >= 15 is 0 Å². The fourth-order valence-electron chi connectivity index (χ4n) is 3.82. The van der Waals surface area contributed by atoms with Crippen LogP contribution in [-0.2, 0) is 37.9 Å². The highest BCUT2D eigenvalue weighted by molar-refractivity contribution is 5.89. The highest BCUT2D eigenvalue weighted by atomic mass is 16.6. The monoisotopic (exact) mass is 613 g/mol. The minimum absolute atomic E-state index is 0.200. The summed E-state index contributed by atoms with van der Waals surface area (Å²) >= 11 is 0. The Morgan fingerprint density at radius 3 is 1.35 bits per heavy atom. The summed E-state index contributed by atoms with van der Waals surface area (Å²) in [6.07, 6.45) is 9.92. The zero-order valence-electron chi connectivity index (χ0n) is 27.0. The van der Waals surface area contributed by atoms with Crippen molar-refractivity contribution < 1.29 is 42.7 Å². The number of nitrogens with one attached hydrogen (secondary N) is 1.